The number of aliphatic hydroxyl groups excluding tert-OH is 2. The molecule has 1 aliphatic heterocycles. The molecule has 0 spiro atoms. The van der Waals surface area contributed by atoms with Crippen LogP contribution < -0.4 is 5.73 Å². The minimum Gasteiger partial charge on any atom is -0.396 e. The maximum absolute atomic E-state index is 9.98. The van der Waals surface area contributed by atoms with Crippen LogP contribution in [0.3, 0.4) is 0 Å². The fourth-order valence-corrected chi connectivity index (χ4v) is 2.06. The highest BCUT2D eigenvalue weighted by Crippen LogP contribution is 2.31. The molecular weight excluding hydrogens is 238 g/mol. The molecule has 96 valence electrons. The molecule has 0 saturated carbocycles. The van der Waals surface area contributed by atoms with E-state index < -0.39 is 12.2 Å². The summed E-state index contributed by atoms with van der Waals surface area (Å²) in [7, 11) is 0. The van der Waals surface area contributed by atoms with Gasteiger partial charge in [0.25, 0.3) is 0 Å². The smallest absolute Gasteiger partial charge is 0.183 e. The number of fused-ring (bicyclic) bond motifs is 1. The Morgan fingerprint density at radius 2 is 2.33 bits per heavy atom. The Kier molecular flexibility index (Phi) is 2.62. The molecule has 1 unspecified atom stereocenters. The van der Waals surface area contributed by atoms with E-state index in [-0.39, 0.29) is 30.8 Å². The second kappa shape index (κ2) is 4.16. The molecule has 1 saturated heterocycles. The van der Waals surface area contributed by atoms with E-state index in [2.05, 4.69) is 19.9 Å². The van der Waals surface area contributed by atoms with Gasteiger partial charge in [-0.3, -0.25) is 0 Å². The average Bonchev–Trinajstić information content (AvgIpc) is 2.95. The van der Waals surface area contributed by atoms with Crippen molar-refractivity contribution >= 4 is 17.0 Å². The molecule has 0 bridgehead atoms. The number of nitrogens with two attached hydrogens (primary N) is 1. The van der Waals surface area contributed by atoms with Gasteiger partial charge in [-0.05, 0) is 0 Å². The second-order valence-electron chi connectivity index (χ2n) is 4.26. The van der Waals surface area contributed by atoms with Crippen LogP contribution in [0.2, 0.25) is 0 Å². The van der Waals surface area contributed by atoms with Gasteiger partial charge in [-0.15, -0.1) is 0 Å². The van der Waals surface area contributed by atoms with E-state index in [1.54, 1.807) is 0 Å². The highest BCUT2D eigenvalue weighted by atomic mass is 16.5. The Labute approximate surface area is 102 Å². The third-order valence-electron chi connectivity index (χ3n) is 3.10. The van der Waals surface area contributed by atoms with Gasteiger partial charge in [-0.25, -0.2) is 15.0 Å². The SMILES string of the molecule is Nc1nc(C2OC[C@@H](CO)[C@@H]2O)nc2nc[nH]c12. The Bertz CT molecular complexity index is 572. The number of ether oxygens (including phenoxy) is 1. The number of aliphatic hydroxyl groups is 2. The van der Waals surface area contributed by atoms with E-state index in [4.69, 9.17) is 15.6 Å². The number of nitrogens with one attached hydrogen (secondary N) is 1. The molecule has 18 heavy (non-hydrogen) atoms. The molecule has 0 radical (unpaired) electrons. The van der Waals surface area contributed by atoms with E-state index in [0.717, 1.165) is 0 Å². The predicted octanol–water partition coefficient (Wildman–Crippen LogP) is -1.02. The van der Waals surface area contributed by atoms with Gasteiger partial charge in [0.2, 0.25) is 0 Å². The van der Waals surface area contributed by atoms with Crippen molar-refractivity contribution in [3.8, 4) is 0 Å². The first-order valence-corrected chi connectivity index (χ1v) is 5.57. The van der Waals surface area contributed by atoms with Crippen molar-refractivity contribution in [3.05, 3.63) is 12.2 Å². The van der Waals surface area contributed by atoms with Gasteiger partial charge in [-0.1, -0.05) is 0 Å². The standard InChI is InChI=1S/C10H13N5O3/c11-8-5-9(13-3-12-5)15-10(14-8)7-6(17)4(1-16)2-18-7/h3-4,6-7,16-17H,1-2H2,(H3,11,12,13,14,15)/t4-,6+,7?/m1/s1. The van der Waals surface area contributed by atoms with Crippen molar-refractivity contribution in [2.45, 2.75) is 12.2 Å². The summed E-state index contributed by atoms with van der Waals surface area (Å²) < 4.78 is 5.41. The van der Waals surface area contributed by atoms with Crippen LogP contribution in [0.1, 0.15) is 11.9 Å². The summed E-state index contributed by atoms with van der Waals surface area (Å²) in [5.41, 5.74) is 6.76. The van der Waals surface area contributed by atoms with Crippen LogP contribution in [0.15, 0.2) is 6.33 Å². The van der Waals surface area contributed by atoms with E-state index in [0.29, 0.717) is 11.2 Å². The molecule has 8 heteroatoms. The van der Waals surface area contributed by atoms with Gasteiger partial charge in [0, 0.05) is 5.92 Å². The van der Waals surface area contributed by atoms with E-state index in [1.807, 2.05) is 0 Å². The first kappa shape index (κ1) is 11.3. The summed E-state index contributed by atoms with van der Waals surface area (Å²) in [6.07, 6.45) is -0.0431. The summed E-state index contributed by atoms with van der Waals surface area (Å²) in [6, 6.07) is 0. The molecule has 5 N–H and O–H groups in total. The van der Waals surface area contributed by atoms with Crippen molar-refractivity contribution < 1.29 is 14.9 Å². The molecule has 2 aromatic heterocycles. The Hall–Kier alpha value is -1.77. The Morgan fingerprint density at radius 3 is 3.06 bits per heavy atom. The minimum absolute atomic E-state index is 0.141. The quantitative estimate of drug-likeness (QED) is 0.537. The Balaban J connectivity index is 1.99. The molecule has 3 rings (SSSR count). The summed E-state index contributed by atoms with van der Waals surface area (Å²) in [4.78, 5) is 15.1. The van der Waals surface area contributed by atoms with Gasteiger partial charge in [0.15, 0.2) is 17.3 Å². The van der Waals surface area contributed by atoms with Crippen LogP contribution in [-0.4, -0.2) is 49.5 Å². The van der Waals surface area contributed by atoms with E-state index in [9.17, 15) is 5.11 Å². The van der Waals surface area contributed by atoms with Crippen LogP contribution in [0.25, 0.3) is 11.2 Å². The monoisotopic (exact) mass is 251 g/mol. The summed E-state index contributed by atoms with van der Waals surface area (Å²) >= 11 is 0. The molecule has 0 amide bonds. The number of hydrogen-bond donors (Lipinski definition) is 4. The lowest BCUT2D eigenvalue weighted by atomic mass is 10.0. The van der Waals surface area contributed by atoms with Gasteiger partial charge >= 0.3 is 0 Å². The van der Waals surface area contributed by atoms with Gasteiger partial charge in [0.1, 0.15) is 11.6 Å². The van der Waals surface area contributed by atoms with Gasteiger partial charge in [-0.2, -0.15) is 0 Å². The number of rotatable bonds is 2. The van der Waals surface area contributed by atoms with Crippen LogP contribution in [0.4, 0.5) is 5.82 Å². The zero-order valence-corrected chi connectivity index (χ0v) is 9.45. The van der Waals surface area contributed by atoms with Crippen molar-refractivity contribution in [2.75, 3.05) is 18.9 Å². The number of H-pyrrole nitrogens is 1. The van der Waals surface area contributed by atoms with E-state index >= 15 is 0 Å². The molecule has 3 heterocycles. The van der Waals surface area contributed by atoms with Crippen LogP contribution in [0, 0.1) is 5.92 Å². The van der Waals surface area contributed by atoms with Crippen LogP contribution in [-0.2, 0) is 4.74 Å². The molecule has 2 aromatic rings. The van der Waals surface area contributed by atoms with Gasteiger partial charge in [0.05, 0.1) is 25.6 Å². The lowest BCUT2D eigenvalue weighted by Gasteiger charge is -2.14. The fourth-order valence-electron chi connectivity index (χ4n) is 2.06. The summed E-state index contributed by atoms with van der Waals surface area (Å²) in [6.45, 7) is 0.127. The zero-order chi connectivity index (χ0) is 12.7. The number of aromatic amines is 1. The van der Waals surface area contributed by atoms with E-state index in [1.165, 1.54) is 6.33 Å². The molecular formula is C10H13N5O3. The predicted molar refractivity (Wildman–Crippen MR) is 61.4 cm³/mol. The highest BCUT2D eigenvalue weighted by molar-refractivity contribution is 5.80. The lowest BCUT2D eigenvalue weighted by molar-refractivity contribution is 0.0294. The maximum Gasteiger partial charge on any atom is 0.183 e. The number of nitrogen functional groups attached to an aromatic ring is 1. The third kappa shape index (κ3) is 1.62. The number of nitrogens with zero attached hydrogens (tertiary/aromatic N) is 3. The number of aromatic nitrogens is 4. The van der Waals surface area contributed by atoms with Crippen molar-refractivity contribution in [3.63, 3.8) is 0 Å². The number of hydrogen-bond acceptors (Lipinski definition) is 7. The maximum atomic E-state index is 9.98. The summed E-state index contributed by atoms with van der Waals surface area (Å²) in [5, 5.41) is 19.1. The van der Waals surface area contributed by atoms with Gasteiger partial charge < -0.3 is 25.7 Å². The molecule has 1 fully saturated rings. The highest BCUT2D eigenvalue weighted by Gasteiger charge is 2.38. The number of anilines is 1. The first-order valence-electron chi connectivity index (χ1n) is 5.57. The molecule has 8 nitrogen and oxygen atoms in total. The lowest BCUT2D eigenvalue weighted by Crippen LogP contribution is -2.24. The summed E-state index contributed by atoms with van der Waals surface area (Å²) in [5.74, 6) is 0.223. The van der Waals surface area contributed by atoms with Crippen molar-refractivity contribution in [1.82, 2.24) is 19.9 Å². The molecule has 0 aromatic carbocycles. The van der Waals surface area contributed by atoms with Crippen LogP contribution in [0.5, 0.6) is 0 Å². The number of imidazole rings is 1. The van der Waals surface area contributed by atoms with Crippen molar-refractivity contribution in [2.24, 2.45) is 5.92 Å². The third-order valence-corrected chi connectivity index (χ3v) is 3.10. The fraction of sp³-hybridized carbons (Fsp3) is 0.500. The topological polar surface area (TPSA) is 130 Å². The normalized spacial score (nSPS) is 28.0. The van der Waals surface area contributed by atoms with Crippen molar-refractivity contribution in [1.29, 1.82) is 0 Å². The zero-order valence-electron chi connectivity index (χ0n) is 9.45. The largest absolute Gasteiger partial charge is 0.396 e. The second-order valence-corrected chi connectivity index (χ2v) is 4.26. The molecule has 1 aliphatic rings. The first-order chi connectivity index (χ1) is 8.70. The average molecular weight is 251 g/mol. The molecule has 3 atom stereocenters. The minimum atomic E-state index is -0.842. The van der Waals surface area contributed by atoms with Crippen LogP contribution >= 0.6 is 0 Å². The Morgan fingerprint density at radius 1 is 1.50 bits per heavy atom. The molecule has 0 aliphatic carbocycles.